The minimum absolute atomic E-state index is 0.0175. The number of hydrogen-bond donors (Lipinski definition) is 1. The van der Waals surface area contributed by atoms with Gasteiger partial charge >= 0.3 is 6.09 Å². The van der Waals surface area contributed by atoms with Crippen LogP contribution in [0.3, 0.4) is 0 Å². The molecule has 0 atom stereocenters. The molecule has 0 aliphatic rings. The topological polar surface area (TPSA) is 99.3 Å². The summed E-state index contributed by atoms with van der Waals surface area (Å²) in [5.41, 5.74) is 0.118. The third kappa shape index (κ3) is 3.72. The number of fused-ring (bicyclic) bond motifs is 1. The first-order chi connectivity index (χ1) is 10.3. The van der Waals surface area contributed by atoms with Crippen LogP contribution in [0.2, 0.25) is 0 Å². The second-order valence-corrected chi connectivity index (χ2v) is 5.76. The Labute approximate surface area is 127 Å². The number of hydrogen-bond acceptors (Lipinski definition) is 5. The molecule has 118 valence electrons. The third-order valence-electron chi connectivity index (χ3n) is 2.85. The Hall–Kier alpha value is -2.64. The molecule has 0 unspecified atom stereocenters. The van der Waals surface area contributed by atoms with Crippen LogP contribution in [0.15, 0.2) is 24.4 Å². The number of nitro benzene ring substituents is 1. The highest BCUT2D eigenvalue weighted by atomic mass is 16.6. The summed E-state index contributed by atoms with van der Waals surface area (Å²) >= 11 is 0. The van der Waals surface area contributed by atoms with E-state index in [0.29, 0.717) is 24.0 Å². The van der Waals surface area contributed by atoms with Crippen LogP contribution in [-0.4, -0.2) is 32.9 Å². The van der Waals surface area contributed by atoms with Gasteiger partial charge in [-0.25, -0.2) is 4.79 Å². The fourth-order valence-corrected chi connectivity index (χ4v) is 2.00. The summed E-state index contributed by atoms with van der Waals surface area (Å²) < 4.78 is 6.74. The molecule has 0 fully saturated rings. The molecule has 1 N–H and O–H groups in total. The van der Waals surface area contributed by atoms with Crippen molar-refractivity contribution in [1.82, 2.24) is 15.1 Å². The number of benzene rings is 1. The molecule has 0 saturated heterocycles. The van der Waals surface area contributed by atoms with Gasteiger partial charge in [0, 0.05) is 12.6 Å². The molecular formula is C14H18N4O4. The van der Waals surface area contributed by atoms with Gasteiger partial charge in [-0.15, -0.1) is 0 Å². The van der Waals surface area contributed by atoms with Crippen LogP contribution in [0.1, 0.15) is 20.8 Å². The number of ether oxygens (including phenoxy) is 1. The molecule has 0 radical (unpaired) electrons. The Morgan fingerprint density at radius 3 is 2.82 bits per heavy atom. The van der Waals surface area contributed by atoms with Crippen molar-refractivity contribution in [1.29, 1.82) is 0 Å². The average Bonchev–Trinajstić information content (AvgIpc) is 2.79. The number of non-ortho nitro benzene ring substituents is 1. The zero-order valence-corrected chi connectivity index (χ0v) is 12.7. The van der Waals surface area contributed by atoms with E-state index >= 15 is 0 Å². The first-order valence-electron chi connectivity index (χ1n) is 6.84. The van der Waals surface area contributed by atoms with Gasteiger partial charge in [0.15, 0.2) is 0 Å². The Balaban J connectivity index is 2.03. The summed E-state index contributed by atoms with van der Waals surface area (Å²) in [7, 11) is 0. The monoisotopic (exact) mass is 306 g/mol. The lowest BCUT2D eigenvalue weighted by atomic mass is 10.2. The number of nitrogens with zero attached hydrogens (tertiary/aromatic N) is 3. The van der Waals surface area contributed by atoms with Crippen LogP contribution in [0.4, 0.5) is 10.5 Å². The van der Waals surface area contributed by atoms with Crippen LogP contribution in [0, 0.1) is 10.1 Å². The third-order valence-corrected chi connectivity index (χ3v) is 2.85. The van der Waals surface area contributed by atoms with Crippen molar-refractivity contribution >= 4 is 22.7 Å². The molecule has 8 heteroatoms. The van der Waals surface area contributed by atoms with Crippen molar-refractivity contribution in [3.63, 3.8) is 0 Å². The van der Waals surface area contributed by atoms with Crippen molar-refractivity contribution in [2.24, 2.45) is 0 Å². The molecule has 8 nitrogen and oxygen atoms in total. The first kappa shape index (κ1) is 15.7. The summed E-state index contributed by atoms with van der Waals surface area (Å²) in [6.07, 6.45) is 0.955. The van der Waals surface area contributed by atoms with E-state index in [9.17, 15) is 14.9 Å². The number of nitrogens with one attached hydrogen (secondary N) is 1. The number of alkyl carbamates (subject to hydrolysis) is 1. The van der Waals surface area contributed by atoms with E-state index in [0.717, 1.165) is 0 Å². The van der Waals surface area contributed by atoms with Crippen molar-refractivity contribution in [3.8, 4) is 0 Å². The number of rotatable bonds is 4. The molecule has 2 rings (SSSR count). The van der Waals surface area contributed by atoms with Crippen molar-refractivity contribution in [2.75, 3.05) is 6.54 Å². The summed E-state index contributed by atoms with van der Waals surface area (Å²) in [5, 5.41) is 18.2. The van der Waals surface area contributed by atoms with Crippen molar-refractivity contribution in [3.05, 3.63) is 34.5 Å². The zero-order valence-electron chi connectivity index (χ0n) is 12.7. The molecule has 1 amide bonds. The quantitative estimate of drug-likeness (QED) is 0.691. The number of carbonyl (C=O) groups is 1. The number of amides is 1. The minimum atomic E-state index is -0.552. The highest BCUT2D eigenvalue weighted by molar-refractivity contribution is 5.87. The summed E-state index contributed by atoms with van der Waals surface area (Å²) in [4.78, 5) is 22.1. The van der Waals surface area contributed by atoms with E-state index in [4.69, 9.17) is 4.74 Å². The minimum Gasteiger partial charge on any atom is -0.444 e. The smallest absolute Gasteiger partial charge is 0.407 e. The summed E-state index contributed by atoms with van der Waals surface area (Å²) in [6.45, 7) is 6.06. The average molecular weight is 306 g/mol. The summed E-state index contributed by atoms with van der Waals surface area (Å²) in [5.74, 6) is 0. The molecule has 0 bridgehead atoms. The van der Waals surface area contributed by atoms with Crippen molar-refractivity contribution in [2.45, 2.75) is 32.9 Å². The molecule has 1 aromatic heterocycles. The molecule has 22 heavy (non-hydrogen) atoms. The fraction of sp³-hybridized carbons (Fsp3) is 0.429. The van der Waals surface area contributed by atoms with Crippen LogP contribution in [0.25, 0.3) is 10.9 Å². The van der Waals surface area contributed by atoms with Crippen LogP contribution in [0.5, 0.6) is 0 Å². The van der Waals surface area contributed by atoms with Crippen molar-refractivity contribution < 1.29 is 14.5 Å². The highest BCUT2D eigenvalue weighted by Crippen LogP contribution is 2.24. The maximum absolute atomic E-state index is 11.5. The molecular weight excluding hydrogens is 288 g/mol. The van der Waals surface area contributed by atoms with Gasteiger partial charge in [0.2, 0.25) is 0 Å². The van der Waals surface area contributed by atoms with E-state index < -0.39 is 16.6 Å². The van der Waals surface area contributed by atoms with Gasteiger partial charge in [-0.2, -0.15) is 5.10 Å². The van der Waals surface area contributed by atoms with Crippen LogP contribution < -0.4 is 5.32 Å². The van der Waals surface area contributed by atoms with E-state index in [1.165, 1.54) is 12.3 Å². The number of carbonyl (C=O) groups excluding carboxylic acids is 1. The van der Waals surface area contributed by atoms with Gasteiger partial charge < -0.3 is 10.1 Å². The van der Waals surface area contributed by atoms with Gasteiger partial charge in [0.25, 0.3) is 5.69 Å². The highest BCUT2D eigenvalue weighted by Gasteiger charge is 2.17. The van der Waals surface area contributed by atoms with Gasteiger partial charge in [-0.3, -0.25) is 14.8 Å². The Morgan fingerprint density at radius 2 is 2.18 bits per heavy atom. The molecule has 0 spiro atoms. The van der Waals surface area contributed by atoms with Gasteiger partial charge in [-0.05, 0) is 26.8 Å². The maximum Gasteiger partial charge on any atom is 0.407 e. The normalized spacial score (nSPS) is 11.4. The standard InChI is InChI=1S/C14H18N4O4/c1-14(2,3)22-13(19)15-7-8-17-11-5-4-6-12(18(20)21)10(11)9-16-17/h4-6,9H,7-8H2,1-3H3,(H,15,19). The predicted octanol–water partition coefficient (Wildman–Crippen LogP) is 2.47. The van der Waals surface area contributed by atoms with Crippen LogP contribution >= 0.6 is 0 Å². The molecule has 0 aliphatic heterocycles. The second-order valence-electron chi connectivity index (χ2n) is 5.76. The van der Waals surface area contributed by atoms with E-state index in [-0.39, 0.29) is 5.69 Å². The molecule has 2 aromatic rings. The number of nitro groups is 1. The van der Waals surface area contributed by atoms with Gasteiger partial charge in [0.05, 0.1) is 28.6 Å². The lowest BCUT2D eigenvalue weighted by molar-refractivity contribution is -0.383. The lowest BCUT2D eigenvalue weighted by Gasteiger charge is -2.19. The predicted molar refractivity (Wildman–Crippen MR) is 80.6 cm³/mol. The van der Waals surface area contributed by atoms with Gasteiger partial charge in [-0.1, -0.05) is 6.07 Å². The Kier molecular flexibility index (Phi) is 4.30. The fourth-order valence-electron chi connectivity index (χ4n) is 2.00. The Morgan fingerprint density at radius 1 is 1.45 bits per heavy atom. The molecule has 0 aliphatic carbocycles. The Bertz CT molecular complexity index is 702. The maximum atomic E-state index is 11.5. The molecule has 0 saturated carbocycles. The van der Waals surface area contributed by atoms with E-state index in [2.05, 4.69) is 10.4 Å². The largest absolute Gasteiger partial charge is 0.444 e. The molecule has 1 heterocycles. The lowest BCUT2D eigenvalue weighted by Crippen LogP contribution is -2.34. The molecule has 1 aromatic carbocycles. The summed E-state index contributed by atoms with van der Waals surface area (Å²) in [6, 6.07) is 4.80. The van der Waals surface area contributed by atoms with E-state index in [1.807, 2.05) is 0 Å². The zero-order chi connectivity index (χ0) is 16.3. The number of aromatic nitrogens is 2. The van der Waals surface area contributed by atoms with Crippen LogP contribution in [-0.2, 0) is 11.3 Å². The van der Waals surface area contributed by atoms with Gasteiger partial charge in [0.1, 0.15) is 5.60 Å². The SMILES string of the molecule is CC(C)(C)OC(=O)NCCn1ncc2c([N+](=O)[O-])cccc21. The van der Waals surface area contributed by atoms with E-state index in [1.54, 1.807) is 37.6 Å². The second kappa shape index (κ2) is 6.00. The first-order valence-corrected chi connectivity index (χ1v) is 6.84.